The lowest BCUT2D eigenvalue weighted by Gasteiger charge is -2.38. The van der Waals surface area contributed by atoms with Crippen LogP contribution in [0.5, 0.6) is 0 Å². The molecule has 2 saturated carbocycles. The second-order valence-corrected chi connectivity index (χ2v) is 9.91. The van der Waals surface area contributed by atoms with Crippen LogP contribution in [0.25, 0.3) is 0 Å². The first-order valence-electron chi connectivity index (χ1n) is 8.57. The third-order valence-corrected chi connectivity index (χ3v) is 6.71. The van der Waals surface area contributed by atoms with Crippen LogP contribution in [0.3, 0.4) is 0 Å². The molecule has 3 fully saturated rings. The second kappa shape index (κ2) is 5.69. The van der Waals surface area contributed by atoms with E-state index in [9.17, 15) is 8.42 Å². The minimum Gasteiger partial charge on any atom is -0.357 e. The van der Waals surface area contributed by atoms with E-state index in [0.717, 1.165) is 38.4 Å². The molecule has 0 atom stereocenters. The number of likely N-dealkylation sites (tertiary alicyclic amines) is 1. The molecule has 1 spiro atoms. The van der Waals surface area contributed by atoms with E-state index >= 15 is 0 Å². The Morgan fingerprint density at radius 1 is 1.23 bits per heavy atom. The molecule has 3 aliphatic rings. The van der Waals surface area contributed by atoms with Crippen molar-refractivity contribution in [2.45, 2.75) is 45.4 Å². The van der Waals surface area contributed by atoms with Crippen molar-refractivity contribution in [3.05, 3.63) is 0 Å². The van der Waals surface area contributed by atoms with E-state index in [-0.39, 0.29) is 11.2 Å². The van der Waals surface area contributed by atoms with Gasteiger partial charge in [-0.25, -0.2) is 8.42 Å². The number of guanidine groups is 1. The van der Waals surface area contributed by atoms with Gasteiger partial charge in [-0.1, -0.05) is 6.42 Å². The zero-order chi connectivity index (χ0) is 15.8. The predicted octanol–water partition coefficient (Wildman–Crippen LogP) is 1.65. The highest BCUT2D eigenvalue weighted by Gasteiger charge is 2.46. The Hall–Kier alpha value is -0.780. The minimum atomic E-state index is -2.92. The number of hydrogen-bond donors (Lipinski definition) is 1. The van der Waals surface area contributed by atoms with Gasteiger partial charge in [0.05, 0.1) is 5.75 Å². The molecule has 126 valence electrons. The summed E-state index contributed by atoms with van der Waals surface area (Å²) in [5.74, 6) is 1.28. The quantitative estimate of drug-likeness (QED) is 0.616. The van der Waals surface area contributed by atoms with Crippen LogP contribution in [-0.4, -0.2) is 57.5 Å². The first-order valence-corrected chi connectivity index (χ1v) is 10.6. The molecular weight excluding hydrogens is 298 g/mol. The number of hydrogen-bond acceptors (Lipinski definition) is 3. The van der Waals surface area contributed by atoms with Crippen molar-refractivity contribution >= 4 is 15.8 Å². The Kier molecular flexibility index (Phi) is 4.16. The van der Waals surface area contributed by atoms with Crippen LogP contribution in [-0.2, 0) is 9.84 Å². The lowest BCUT2D eigenvalue weighted by molar-refractivity contribution is 0.151. The summed E-state index contributed by atoms with van der Waals surface area (Å²) in [6.45, 7) is 5.81. The van der Waals surface area contributed by atoms with Crippen LogP contribution in [0, 0.1) is 10.8 Å². The van der Waals surface area contributed by atoms with Crippen molar-refractivity contribution in [3.63, 3.8) is 0 Å². The van der Waals surface area contributed by atoms with Crippen LogP contribution in [0.15, 0.2) is 4.99 Å². The molecule has 0 unspecified atom stereocenters. The highest BCUT2D eigenvalue weighted by molar-refractivity contribution is 7.90. The molecule has 2 aliphatic carbocycles. The number of rotatable bonds is 5. The smallest absolute Gasteiger partial charge is 0.193 e. The third kappa shape index (κ3) is 3.58. The topological polar surface area (TPSA) is 61.8 Å². The van der Waals surface area contributed by atoms with E-state index in [2.05, 4.69) is 17.1 Å². The molecule has 1 N–H and O–H groups in total. The summed E-state index contributed by atoms with van der Waals surface area (Å²) in [5.41, 5.74) is 0.475. The van der Waals surface area contributed by atoms with E-state index < -0.39 is 9.84 Å². The molecule has 1 heterocycles. The van der Waals surface area contributed by atoms with E-state index in [0.29, 0.717) is 12.0 Å². The first-order chi connectivity index (χ1) is 10.4. The van der Waals surface area contributed by atoms with Crippen molar-refractivity contribution in [1.82, 2.24) is 10.2 Å². The number of nitrogens with zero attached hydrogens (tertiary/aromatic N) is 2. The largest absolute Gasteiger partial charge is 0.357 e. The van der Waals surface area contributed by atoms with Crippen molar-refractivity contribution < 1.29 is 8.42 Å². The molecule has 0 aromatic rings. The Balaban J connectivity index is 1.64. The van der Waals surface area contributed by atoms with Crippen LogP contribution in [0.4, 0.5) is 0 Å². The number of nitrogens with one attached hydrogen (secondary N) is 1. The standard InChI is InChI=1S/C16H29N3O2S/c1-3-17-14(19-10-9-15(12-19)5-4-6-15)18-11-16(7-8-16)13-22(2,20)21/h3-13H2,1-2H3,(H,17,18). The maximum atomic E-state index is 11.6. The van der Waals surface area contributed by atoms with E-state index in [1.54, 1.807) is 0 Å². The molecule has 1 saturated heterocycles. The van der Waals surface area contributed by atoms with Gasteiger partial charge in [0.1, 0.15) is 9.84 Å². The van der Waals surface area contributed by atoms with E-state index in [1.807, 2.05) is 0 Å². The summed E-state index contributed by atoms with van der Waals surface area (Å²) < 4.78 is 23.1. The van der Waals surface area contributed by atoms with Gasteiger partial charge in [-0.05, 0) is 44.4 Å². The van der Waals surface area contributed by atoms with Crippen LogP contribution in [0.1, 0.15) is 45.4 Å². The highest BCUT2D eigenvalue weighted by atomic mass is 32.2. The van der Waals surface area contributed by atoms with Gasteiger partial charge >= 0.3 is 0 Å². The molecule has 0 bridgehead atoms. The van der Waals surface area contributed by atoms with Crippen LogP contribution in [0.2, 0.25) is 0 Å². The summed E-state index contributed by atoms with van der Waals surface area (Å²) in [6.07, 6.45) is 8.70. The number of sulfone groups is 1. The Morgan fingerprint density at radius 3 is 2.41 bits per heavy atom. The fourth-order valence-electron chi connectivity index (χ4n) is 3.95. The molecule has 6 heteroatoms. The fourth-order valence-corrected chi connectivity index (χ4v) is 5.44. The van der Waals surface area contributed by atoms with Gasteiger partial charge in [0.2, 0.25) is 0 Å². The second-order valence-electron chi connectivity index (χ2n) is 7.77. The van der Waals surface area contributed by atoms with Crippen LogP contribution >= 0.6 is 0 Å². The molecule has 5 nitrogen and oxygen atoms in total. The average molecular weight is 327 g/mol. The van der Waals surface area contributed by atoms with Gasteiger partial charge in [-0.2, -0.15) is 0 Å². The van der Waals surface area contributed by atoms with Gasteiger partial charge in [0.25, 0.3) is 0 Å². The normalized spacial score (nSPS) is 26.1. The Bertz CT molecular complexity index is 548. The van der Waals surface area contributed by atoms with Crippen molar-refractivity contribution in [2.75, 3.05) is 38.2 Å². The summed E-state index contributed by atoms with van der Waals surface area (Å²) in [7, 11) is -2.92. The Labute approximate surface area is 134 Å². The van der Waals surface area contributed by atoms with Crippen LogP contribution < -0.4 is 5.32 Å². The zero-order valence-electron chi connectivity index (χ0n) is 13.9. The summed E-state index contributed by atoms with van der Waals surface area (Å²) >= 11 is 0. The molecule has 3 rings (SSSR count). The lowest BCUT2D eigenvalue weighted by Crippen LogP contribution is -2.43. The van der Waals surface area contributed by atoms with E-state index in [4.69, 9.17) is 4.99 Å². The van der Waals surface area contributed by atoms with Crippen molar-refractivity contribution in [2.24, 2.45) is 15.8 Å². The average Bonchev–Trinajstić information content (AvgIpc) is 2.98. The predicted molar refractivity (Wildman–Crippen MR) is 89.8 cm³/mol. The summed E-state index contributed by atoms with van der Waals surface area (Å²) in [5, 5.41) is 3.40. The third-order valence-electron chi connectivity index (χ3n) is 5.58. The Morgan fingerprint density at radius 2 is 1.95 bits per heavy atom. The fraction of sp³-hybridized carbons (Fsp3) is 0.938. The highest BCUT2D eigenvalue weighted by Crippen LogP contribution is 2.48. The monoisotopic (exact) mass is 327 g/mol. The van der Waals surface area contributed by atoms with Crippen molar-refractivity contribution in [1.29, 1.82) is 0 Å². The summed E-state index contributed by atoms with van der Waals surface area (Å²) in [6, 6.07) is 0. The SMILES string of the molecule is CCNC(=NCC1(CS(C)(=O)=O)CC1)N1CCC2(CCC2)C1. The van der Waals surface area contributed by atoms with Gasteiger partial charge in [0.15, 0.2) is 5.96 Å². The maximum absolute atomic E-state index is 11.6. The van der Waals surface area contributed by atoms with Gasteiger partial charge < -0.3 is 10.2 Å². The molecule has 0 radical (unpaired) electrons. The van der Waals surface area contributed by atoms with Crippen molar-refractivity contribution in [3.8, 4) is 0 Å². The number of aliphatic imine (C=N–C) groups is 1. The van der Waals surface area contributed by atoms with E-state index in [1.165, 1.54) is 31.9 Å². The van der Waals surface area contributed by atoms with Gasteiger partial charge in [-0.15, -0.1) is 0 Å². The molecule has 0 aromatic carbocycles. The van der Waals surface area contributed by atoms with Gasteiger partial charge in [0, 0.05) is 37.8 Å². The molecule has 22 heavy (non-hydrogen) atoms. The zero-order valence-corrected chi connectivity index (χ0v) is 14.7. The molecular formula is C16H29N3O2S. The molecule has 0 amide bonds. The minimum absolute atomic E-state index is 0.0812. The lowest BCUT2D eigenvalue weighted by atomic mass is 9.68. The summed E-state index contributed by atoms with van der Waals surface area (Å²) in [4.78, 5) is 7.19. The molecule has 1 aliphatic heterocycles. The first kappa shape index (κ1) is 16.1. The molecule has 0 aromatic heterocycles. The maximum Gasteiger partial charge on any atom is 0.193 e. The van der Waals surface area contributed by atoms with Gasteiger partial charge in [-0.3, -0.25) is 4.99 Å².